The number of carbonyl (C=O) groups is 1. The Labute approximate surface area is 164 Å². The number of pyridine rings is 2. The minimum absolute atomic E-state index is 0.280. The van der Waals surface area contributed by atoms with Crippen LogP contribution in [0, 0.1) is 0 Å². The maximum atomic E-state index is 12.6. The van der Waals surface area contributed by atoms with Crippen molar-refractivity contribution in [1.29, 1.82) is 0 Å². The van der Waals surface area contributed by atoms with Crippen LogP contribution in [-0.2, 0) is 6.54 Å². The lowest BCUT2D eigenvalue weighted by molar-refractivity contribution is 0.102. The summed E-state index contributed by atoms with van der Waals surface area (Å²) in [4.78, 5) is 21.0. The number of carbonyl (C=O) groups excluding carboxylic acids is 1. The summed E-state index contributed by atoms with van der Waals surface area (Å²) in [6, 6.07) is 10.6. The zero-order valence-corrected chi connectivity index (χ0v) is 15.4. The van der Waals surface area contributed by atoms with Gasteiger partial charge in [0.1, 0.15) is 0 Å². The smallest absolute Gasteiger partial charge is 0.258 e. The monoisotopic (exact) mass is 397 g/mol. The van der Waals surface area contributed by atoms with Gasteiger partial charge in [0.2, 0.25) is 0 Å². The maximum absolute atomic E-state index is 12.6. The molecule has 134 valence electrons. The van der Waals surface area contributed by atoms with Crippen LogP contribution in [0.15, 0.2) is 61.2 Å². The lowest BCUT2D eigenvalue weighted by Gasteiger charge is -2.08. The lowest BCUT2D eigenvalue weighted by atomic mass is 10.2. The molecule has 3 aromatic heterocycles. The number of anilines is 1. The predicted molar refractivity (Wildman–Crippen MR) is 105 cm³/mol. The number of aromatic nitrogens is 4. The molecule has 1 N–H and O–H groups in total. The highest BCUT2D eigenvalue weighted by Crippen LogP contribution is 2.27. The second-order valence-corrected chi connectivity index (χ2v) is 6.66. The average Bonchev–Trinajstić information content (AvgIpc) is 3.08. The molecule has 0 bridgehead atoms. The van der Waals surface area contributed by atoms with Gasteiger partial charge in [0.05, 0.1) is 28.7 Å². The largest absolute Gasteiger partial charge is 0.322 e. The van der Waals surface area contributed by atoms with Crippen LogP contribution in [-0.4, -0.2) is 25.7 Å². The highest BCUT2D eigenvalue weighted by molar-refractivity contribution is 6.38. The molecule has 4 rings (SSSR count). The molecule has 1 aromatic carbocycles. The Morgan fingerprint density at radius 3 is 2.52 bits per heavy atom. The fraction of sp³-hybridized carbons (Fsp3) is 0.0526. The van der Waals surface area contributed by atoms with Crippen molar-refractivity contribution in [3.05, 3.63) is 82.4 Å². The molecule has 27 heavy (non-hydrogen) atoms. The van der Waals surface area contributed by atoms with Crippen molar-refractivity contribution in [2.24, 2.45) is 0 Å². The van der Waals surface area contributed by atoms with Gasteiger partial charge in [-0.15, -0.1) is 0 Å². The molecule has 0 fully saturated rings. The van der Waals surface area contributed by atoms with Gasteiger partial charge >= 0.3 is 0 Å². The number of fused-ring (bicyclic) bond motifs is 1. The van der Waals surface area contributed by atoms with Gasteiger partial charge in [0.25, 0.3) is 5.91 Å². The number of hydrogen-bond acceptors (Lipinski definition) is 4. The molecule has 0 unspecified atom stereocenters. The lowest BCUT2D eigenvalue weighted by Crippen LogP contribution is -2.13. The van der Waals surface area contributed by atoms with E-state index in [2.05, 4.69) is 20.4 Å². The van der Waals surface area contributed by atoms with Crippen molar-refractivity contribution in [2.75, 3.05) is 5.32 Å². The number of hydrogen-bond donors (Lipinski definition) is 1. The van der Waals surface area contributed by atoms with Gasteiger partial charge < -0.3 is 5.32 Å². The SMILES string of the molecule is O=C(Nc1ccc(Cl)cc1)c1cnc2c(cnn2Cc2ccncc2)c1Cl. The topological polar surface area (TPSA) is 72.7 Å². The molecule has 0 atom stereocenters. The fourth-order valence-corrected chi connectivity index (χ4v) is 3.06. The molecule has 4 aromatic rings. The third kappa shape index (κ3) is 3.63. The molecule has 6 nitrogen and oxygen atoms in total. The maximum Gasteiger partial charge on any atom is 0.258 e. The van der Waals surface area contributed by atoms with Crippen molar-refractivity contribution < 1.29 is 4.79 Å². The van der Waals surface area contributed by atoms with E-state index in [-0.39, 0.29) is 11.5 Å². The summed E-state index contributed by atoms with van der Waals surface area (Å²) >= 11 is 12.3. The van der Waals surface area contributed by atoms with E-state index in [1.807, 2.05) is 12.1 Å². The first-order valence-corrected chi connectivity index (χ1v) is 8.83. The molecule has 0 spiro atoms. The van der Waals surface area contributed by atoms with Crippen molar-refractivity contribution >= 4 is 45.8 Å². The van der Waals surface area contributed by atoms with Crippen LogP contribution in [0.2, 0.25) is 10.0 Å². The molecule has 3 heterocycles. The van der Waals surface area contributed by atoms with Gasteiger partial charge in [-0.1, -0.05) is 23.2 Å². The molecule has 8 heteroatoms. The van der Waals surface area contributed by atoms with Crippen LogP contribution >= 0.6 is 23.2 Å². The first kappa shape index (κ1) is 17.5. The highest BCUT2D eigenvalue weighted by atomic mass is 35.5. The minimum atomic E-state index is -0.349. The number of benzene rings is 1. The van der Waals surface area contributed by atoms with E-state index < -0.39 is 0 Å². The Morgan fingerprint density at radius 2 is 1.78 bits per heavy atom. The van der Waals surface area contributed by atoms with Gasteiger partial charge in [0, 0.05) is 29.3 Å². The van der Waals surface area contributed by atoms with Gasteiger partial charge in [-0.05, 0) is 42.0 Å². The first-order chi connectivity index (χ1) is 13.1. The second-order valence-electron chi connectivity index (χ2n) is 5.84. The number of halogens is 2. The molecule has 0 aliphatic heterocycles. The molecule has 1 amide bonds. The Bertz CT molecular complexity index is 1110. The Hall–Kier alpha value is -2.96. The van der Waals surface area contributed by atoms with Crippen molar-refractivity contribution in [3.63, 3.8) is 0 Å². The summed E-state index contributed by atoms with van der Waals surface area (Å²) in [7, 11) is 0. The molecular formula is C19H13Cl2N5O. The summed E-state index contributed by atoms with van der Waals surface area (Å²) < 4.78 is 1.73. The van der Waals surface area contributed by atoms with Crippen LogP contribution in [0.25, 0.3) is 11.0 Å². The van der Waals surface area contributed by atoms with Crippen molar-refractivity contribution in [2.45, 2.75) is 6.54 Å². The normalized spacial score (nSPS) is 10.9. The zero-order valence-electron chi connectivity index (χ0n) is 13.9. The summed E-state index contributed by atoms with van der Waals surface area (Å²) in [5.74, 6) is -0.349. The van der Waals surface area contributed by atoms with Gasteiger partial charge in [-0.2, -0.15) is 5.10 Å². The Balaban J connectivity index is 1.62. The van der Waals surface area contributed by atoms with E-state index in [4.69, 9.17) is 23.2 Å². The van der Waals surface area contributed by atoms with Gasteiger partial charge in [0.15, 0.2) is 5.65 Å². The second kappa shape index (κ2) is 7.34. The van der Waals surface area contributed by atoms with Crippen molar-refractivity contribution in [3.8, 4) is 0 Å². The van der Waals surface area contributed by atoms with E-state index in [9.17, 15) is 4.79 Å². The molecular weight excluding hydrogens is 385 g/mol. The highest BCUT2D eigenvalue weighted by Gasteiger charge is 2.17. The van der Waals surface area contributed by atoms with Crippen LogP contribution < -0.4 is 5.32 Å². The van der Waals surface area contributed by atoms with Gasteiger partial charge in [-0.3, -0.25) is 9.78 Å². The predicted octanol–water partition coefficient (Wildman–Crippen LogP) is 4.43. The molecule has 0 radical (unpaired) electrons. The molecule has 0 saturated heterocycles. The van der Waals surface area contributed by atoms with Crippen LogP contribution in [0.1, 0.15) is 15.9 Å². The first-order valence-electron chi connectivity index (χ1n) is 8.07. The fourth-order valence-electron chi connectivity index (χ4n) is 2.66. The average molecular weight is 398 g/mol. The van der Waals surface area contributed by atoms with Crippen LogP contribution in [0.3, 0.4) is 0 Å². The van der Waals surface area contributed by atoms with E-state index in [1.165, 1.54) is 6.20 Å². The zero-order chi connectivity index (χ0) is 18.8. The summed E-state index contributed by atoms with van der Waals surface area (Å²) in [5.41, 5.74) is 2.55. The summed E-state index contributed by atoms with van der Waals surface area (Å²) in [6.45, 7) is 0.533. The number of amides is 1. The third-order valence-electron chi connectivity index (χ3n) is 4.03. The van der Waals surface area contributed by atoms with E-state index >= 15 is 0 Å². The minimum Gasteiger partial charge on any atom is -0.322 e. The number of nitrogens with zero attached hydrogens (tertiary/aromatic N) is 4. The van der Waals surface area contributed by atoms with Crippen LogP contribution in [0.5, 0.6) is 0 Å². The number of nitrogens with one attached hydrogen (secondary N) is 1. The Morgan fingerprint density at radius 1 is 1.04 bits per heavy atom. The van der Waals surface area contributed by atoms with E-state index in [0.717, 1.165) is 5.56 Å². The Kier molecular flexibility index (Phi) is 4.75. The molecule has 0 aliphatic carbocycles. The van der Waals surface area contributed by atoms with E-state index in [0.29, 0.717) is 33.3 Å². The van der Waals surface area contributed by atoms with E-state index in [1.54, 1.807) is 47.5 Å². The number of rotatable bonds is 4. The quantitative estimate of drug-likeness (QED) is 0.552. The molecule has 0 aliphatic rings. The summed E-state index contributed by atoms with van der Waals surface area (Å²) in [6.07, 6.45) is 6.52. The summed E-state index contributed by atoms with van der Waals surface area (Å²) in [5, 5.41) is 8.66. The van der Waals surface area contributed by atoms with Gasteiger partial charge in [-0.25, -0.2) is 9.67 Å². The third-order valence-corrected chi connectivity index (χ3v) is 4.69. The van der Waals surface area contributed by atoms with Crippen LogP contribution in [0.4, 0.5) is 5.69 Å². The molecule has 0 saturated carbocycles. The standard InChI is InChI=1S/C19H13Cl2N5O/c20-13-1-3-14(4-2-13)25-19(27)16-9-23-18-15(17(16)21)10-24-26(18)11-12-5-7-22-8-6-12/h1-10H,11H2,(H,25,27). The van der Waals surface area contributed by atoms with Crippen molar-refractivity contribution in [1.82, 2.24) is 19.7 Å².